The Bertz CT molecular complexity index is 966. The lowest BCUT2D eigenvalue weighted by Gasteiger charge is -2.24. The summed E-state index contributed by atoms with van der Waals surface area (Å²) in [5.74, 6) is -2.21. The molecule has 0 aliphatic heterocycles. The number of thiazole rings is 1. The fourth-order valence-electron chi connectivity index (χ4n) is 3.05. The van der Waals surface area contributed by atoms with Gasteiger partial charge in [-0.15, -0.1) is 11.3 Å². The molecular formula is C19H22F2N4OS. The molecule has 0 saturated carbocycles. The van der Waals surface area contributed by atoms with Crippen molar-refractivity contribution in [2.24, 2.45) is 5.92 Å². The Hall–Kier alpha value is -2.35. The van der Waals surface area contributed by atoms with Crippen molar-refractivity contribution < 1.29 is 13.6 Å². The van der Waals surface area contributed by atoms with Gasteiger partial charge in [-0.3, -0.25) is 4.79 Å². The lowest BCUT2D eigenvalue weighted by atomic mass is 10.0. The van der Waals surface area contributed by atoms with Gasteiger partial charge in [0.05, 0.1) is 34.1 Å². The van der Waals surface area contributed by atoms with Crippen molar-refractivity contribution in [1.29, 1.82) is 0 Å². The number of nitrogens with one attached hydrogen (secondary N) is 1. The molecule has 27 heavy (non-hydrogen) atoms. The molecule has 0 radical (unpaired) electrons. The van der Waals surface area contributed by atoms with E-state index in [9.17, 15) is 13.6 Å². The van der Waals surface area contributed by atoms with Crippen LogP contribution in [0.5, 0.6) is 0 Å². The van der Waals surface area contributed by atoms with E-state index in [0.717, 1.165) is 29.3 Å². The zero-order valence-electron chi connectivity index (χ0n) is 15.7. The van der Waals surface area contributed by atoms with Crippen molar-refractivity contribution in [2.75, 3.05) is 0 Å². The van der Waals surface area contributed by atoms with Gasteiger partial charge in [0.2, 0.25) is 5.91 Å². The number of hydrogen-bond donors (Lipinski definition) is 1. The topological polar surface area (TPSA) is 59.8 Å². The first kappa shape index (κ1) is 19.4. The van der Waals surface area contributed by atoms with E-state index in [1.54, 1.807) is 15.9 Å². The van der Waals surface area contributed by atoms with Crippen LogP contribution in [0.3, 0.4) is 0 Å². The van der Waals surface area contributed by atoms with Gasteiger partial charge in [0.25, 0.3) is 0 Å². The van der Waals surface area contributed by atoms with Crippen molar-refractivity contribution >= 4 is 28.3 Å². The van der Waals surface area contributed by atoms with Gasteiger partial charge in [0.1, 0.15) is 6.04 Å². The second kappa shape index (κ2) is 7.72. The normalized spacial score (nSPS) is 13.9. The highest BCUT2D eigenvalue weighted by molar-refractivity contribution is 7.09. The highest BCUT2D eigenvalue weighted by Gasteiger charge is 2.28. The van der Waals surface area contributed by atoms with E-state index in [1.807, 2.05) is 33.1 Å². The molecule has 2 aromatic heterocycles. The number of carbonyl (C=O) groups is 1. The lowest BCUT2D eigenvalue weighted by molar-refractivity contribution is -0.126. The Morgan fingerprint density at radius 3 is 2.59 bits per heavy atom. The van der Waals surface area contributed by atoms with Crippen molar-refractivity contribution in [1.82, 2.24) is 19.9 Å². The van der Waals surface area contributed by atoms with Crippen LogP contribution < -0.4 is 5.32 Å². The fourth-order valence-corrected chi connectivity index (χ4v) is 3.89. The molecule has 1 amide bonds. The third kappa shape index (κ3) is 3.85. The van der Waals surface area contributed by atoms with Crippen LogP contribution in [0.25, 0.3) is 11.0 Å². The highest BCUT2D eigenvalue weighted by atomic mass is 32.1. The monoisotopic (exact) mass is 392 g/mol. The molecule has 0 bridgehead atoms. The number of imidazole rings is 1. The number of amides is 1. The molecular weight excluding hydrogens is 370 g/mol. The number of hydrogen-bond acceptors (Lipinski definition) is 4. The maximum absolute atomic E-state index is 13.7. The second-order valence-electron chi connectivity index (χ2n) is 6.85. The maximum Gasteiger partial charge on any atom is 0.243 e. The molecule has 0 fully saturated rings. The van der Waals surface area contributed by atoms with E-state index in [4.69, 9.17) is 0 Å². The summed E-state index contributed by atoms with van der Waals surface area (Å²) in [6.45, 7) is 7.72. The fraction of sp³-hybridized carbons (Fsp3) is 0.421. The lowest BCUT2D eigenvalue weighted by Crippen LogP contribution is -2.36. The summed E-state index contributed by atoms with van der Waals surface area (Å²) in [4.78, 5) is 21.6. The first-order valence-corrected chi connectivity index (χ1v) is 9.76. The smallest absolute Gasteiger partial charge is 0.243 e. The molecule has 0 aliphatic carbocycles. The van der Waals surface area contributed by atoms with Crippen LogP contribution in [0.4, 0.5) is 8.78 Å². The molecule has 2 unspecified atom stereocenters. The Labute approximate surface area is 160 Å². The zero-order chi connectivity index (χ0) is 19.7. The Morgan fingerprint density at radius 2 is 1.96 bits per heavy atom. The van der Waals surface area contributed by atoms with E-state index >= 15 is 0 Å². The van der Waals surface area contributed by atoms with Crippen LogP contribution in [-0.2, 0) is 11.2 Å². The van der Waals surface area contributed by atoms with Gasteiger partial charge < -0.3 is 9.88 Å². The van der Waals surface area contributed by atoms with E-state index < -0.39 is 17.7 Å². The maximum atomic E-state index is 13.7. The quantitative estimate of drug-likeness (QED) is 0.676. The molecule has 2 heterocycles. The Morgan fingerprint density at radius 1 is 1.26 bits per heavy atom. The molecule has 0 aliphatic rings. The van der Waals surface area contributed by atoms with Crippen LogP contribution in [0.15, 0.2) is 23.8 Å². The molecule has 0 spiro atoms. The molecule has 3 aromatic rings. The molecule has 1 aromatic carbocycles. The average molecular weight is 392 g/mol. The Kier molecular flexibility index (Phi) is 5.55. The number of nitrogens with zero attached hydrogens (tertiary/aromatic N) is 3. The minimum absolute atomic E-state index is 0.0793. The van der Waals surface area contributed by atoms with Crippen molar-refractivity contribution in [3.05, 3.63) is 46.2 Å². The minimum Gasteiger partial charge on any atom is -0.346 e. The summed E-state index contributed by atoms with van der Waals surface area (Å²) < 4.78 is 28.8. The van der Waals surface area contributed by atoms with Gasteiger partial charge in [-0.1, -0.05) is 20.8 Å². The summed E-state index contributed by atoms with van der Waals surface area (Å²) in [6, 6.07) is 1.27. The van der Waals surface area contributed by atoms with Gasteiger partial charge in [0, 0.05) is 17.5 Å². The number of benzene rings is 1. The number of aryl methyl sites for hydroxylation is 1. The summed E-state index contributed by atoms with van der Waals surface area (Å²) in [5.41, 5.74) is 1.51. The van der Waals surface area contributed by atoms with Gasteiger partial charge in [0.15, 0.2) is 11.6 Å². The van der Waals surface area contributed by atoms with Crippen molar-refractivity contribution in [3.63, 3.8) is 0 Å². The van der Waals surface area contributed by atoms with Crippen LogP contribution in [-0.4, -0.2) is 20.4 Å². The van der Waals surface area contributed by atoms with Crippen molar-refractivity contribution in [3.8, 4) is 0 Å². The van der Waals surface area contributed by atoms with Crippen LogP contribution in [0.1, 0.15) is 50.5 Å². The summed E-state index contributed by atoms with van der Waals surface area (Å²) in [7, 11) is 0. The van der Waals surface area contributed by atoms with E-state index in [2.05, 4.69) is 15.3 Å². The third-order valence-electron chi connectivity index (χ3n) is 4.49. The third-order valence-corrected chi connectivity index (χ3v) is 5.50. The molecule has 1 N–H and O–H groups in total. The van der Waals surface area contributed by atoms with Crippen LogP contribution >= 0.6 is 11.3 Å². The SMILES string of the molecule is CCc1nc(C(C)NC(=O)C(C(C)C)n2cnc3cc(F)c(F)cc32)cs1. The average Bonchev–Trinajstić information content (AvgIpc) is 3.23. The minimum atomic E-state index is -0.963. The Balaban J connectivity index is 1.89. The molecule has 144 valence electrons. The van der Waals surface area contributed by atoms with Crippen LogP contribution in [0, 0.1) is 17.6 Å². The molecule has 3 rings (SSSR count). The van der Waals surface area contributed by atoms with E-state index in [0.29, 0.717) is 11.0 Å². The van der Waals surface area contributed by atoms with E-state index in [-0.39, 0.29) is 17.9 Å². The largest absolute Gasteiger partial charge is 0.346 e. The summed E-state index contributed by atoms with van der Waals surface area (Å²) in [6.07, 6.45) is 2.31. The van der Waals surface area contributed by atoms with E-state index in [1.165, 1.54) is 6.33 Å². The zero-order valence-corrected chi connectivity index (χ0v) is 16.5. The number of carbonyl (C=O) groups excluding carboxylic acids is 1. The predicted molar refractivity (Wildman–Crippen MR) is 102 cm³/mol. The number of rotatable bonds is 6. The second-order valence-corrected chi connectivity index (χ2v) is 7.79. The molecule has 8 heteroatoms. The molecule has 0 saturated heterocycles. The predicted octanol–water partition coefficient (Wildman–Crippen LogP) is 4.41. The first-order chi connectivity index (χ1) is 12.8. The number of halogens is 2. The summed E-state index contributed by atoms with van der Waals surface area (Å²) in [5, 5.41) is 5.94. The van der Waals surface area contributed by atoms with Crippen LogP contribution in [0.2, 0.25) is 0 Å². The van der Waals surface area contributed by atoms with Crippen molar-refractivity contribution in [2.45, 2.75) is 46.2 Å². The van der Waals surface area contributed by atoms with Gasteiger partial charge in [-0.25, -0.2) is 18.7 Å². The number of fused-ring (bicyclic) bond motifs is 1. The van der Waals surface area contributed by atoms with Gasteiger partial charge >= 0.3 is 0 Å². The first-order valence-electron chi connectivity index (χ1n) is 8.88. The molecule has 2 atom stereocenters. The standard InChI is InChI=1S/C19H22F2N4OS/c1-5-17-24-15(8-27-17)11(4)23-19(26)18(10(2)3)25-9-22-14-6-12(20)13(21)7-16(14)25/h6-11,18H,5H2,1-4H3,(H,23,26). The highest BCUT2D eigenvalue weighted by Crippen LogP contribution is 2.26. The van der Waals surface area contributed by atoms with Gasteiger partial charge in [-0.2, -0.15) is 0 Å². The summed E-state index contributed by atoms with van der Waals surface area (Å²) >= 11 is 1.57. The number of aromatic nitrogens is 3. The van der Waals surface area contributed by atoms with Gasteiger partial charge in [-0.05, 0) is 19.3 Å². The molecule has 5 nitrogen and oxygen atoms in total.